The third-order valence-electron chi connectivity index (χ3n) is 3.73. The maximum absolute atomic E-state index is 11.2. The first-order chi connectivity index (χ1) is 10.2. The van der Waals surface area contributed by atoms with Gasteiger partial charge in [-0.2, -0.15) is 0 Å². The largest absolute Gasteiger partial charge is 0.457 e. The molecular weight excluding hydrogens is 262 g/mol. The van der Waals surface area contributed by atoms with Crippen LogP contribution in [-0.4, -0.2) is 36.7 Å². The topological polar surface area (TPSA) is 26.3 Å². The van der Waals surface area contributed by atoms with Crippen molar-refractivity contribution in [3.63, 3.8) is 0 Å². The van der Waals surface area contributed by atoms with Gasteiger partial charge in [-0.15, -0.1) is 0 Å². The van der Waals surface area contributed by atoms with Gasteiger partial charge in [0, 0.05) is 11.6 Å². The van der Waals surface area contributed by atoms with Crippen molar-refractivity contribution >= 4 is 5.97 Å². The molecule has 0 bridgehead atoms. The predicted molar refractivity (Wildman–Crippen MR) is 86.7 cm³/mol. The number of rotatable bonds is 10. The molecule has 116 valence electrons. The highest BCUT2D eigenvalue weighted by Crippen LogP contribution is 2.17. The van der Waals surface area contributed by atoms with E-state index < -0.39 is 0 Å². The van der Waals surface area contributed by atoms with E-state index in [4.69, 9.17) is 4.74 Å². The average Bonchev–Trinajstić information content (AvgIpc) is 2.48. The Hall–Kier alpha value is -1.61. The van der Waals surface area contributed by atoms with Gasteiger partial charge in [-0.1, -0.05) is 50.8 Å². The van der Waals surface area contributed by atoms with E-state index in [0.29, 0.717) is 6.61 Å². The predicted octanol–water partition coefficient (Wildman–Crippen LogP) is 3.55. The molecule has 0 aromatic heterocycles. The van der Waals surface area contributed by atoms with Gasteiger partial charge in [0.1, 0.15) is 19.7 Å². The van der Waals surface area contributed by atoms with Gasteiger partial charge in [-0.25, -0.2) is 4.79 Å². The molecule has 0 fully saturated rings. The Balaban J connectivity index is 2.76. The Morgan fingerprint density at radius 2 is 1.76 bits per heavy atom. The number of quaternary nitrogens is 1. The SMILES string of the molecule is C=CC(=O)OCC[N+](CCC)(CCC)Cc1ccccc1. The highest BCUT2D eigenvalue weighted by atomic mass is 16.5. The van der Waals surface area contributed by atoms with Crippen LogP contribution in [0.1, 0.15) is 32.3 Å². The van der Waals surface area contributed by atoms with Crippen molar-refractivity contribution in [2.75, 3.05) is 26.2 Å². The van der Waals surface area contributed by atoms with Crippen molar-refractivity contribution < 1.29 is 14.0 Å². The molecule has 21 heavy (non-hydrogen) atoms. The quantitative estimate of drug-likeness (QED) is 0.374. The van der Waals surface area contributed by atoms with Crippen LogP contribution in [0.3, 0.4) is 0 Å². The summed E-state index contributed by atoms with van der Waals surface area (Å²) in [5.41, 5.74) is 1.34. The second-order valence-electron chi connectivity index (χ2n) is 5.53. The lowest BCUT2D eigenvalue weighted by Crippen LogP contribution is -2.50. The molecule has 0 saturated carbocycles. The summed E-state index contributed by atoms with van der Waals surface area (Å²) in [6.45, 7) is 12.4. The smallest absolute Gasteiger partial charge is 0.330 e. The first-order valence-electron chi connectivity index (χ1n) is 7.84. The zero-order valence-corrected chi connectivity index (χ0v) is 13.4. The van der Waals surface area contributed by atoms with E-state index in [0.717, 1.165) is 43.5 Å². The second-order valence-corrected chi connectivity index (χ2v) is 5.53. The molecule has 1 rings (SSSR count). The van der Waals surface area contributed by atoms with Gasteiger partial charge in [0.25, 0.3) is 0 Å². The van der Waals surface area contributed by atoms with Gasteiger partial charge in [-0.3, -0.25) is 0 Å². The average molecular weight is 290 g/mol. The third-order valence-corrected chi connectivity index (χ3v) is 3.73. The lowest BCUT2D eigenvalue weighted by molar-refractivity contribution is -0.941. The Morgan fingerprint density at radius 1 is 1.14 bits per heavy atom. The summed E-state index contributed by atoms with van der Waals surface area (Å²) in [4.78, 5) is 11.2. The molecule has 0 N–H and O–H groups in total. The molecule has 3 nitrogen and oxygen atoms in total. The molecule has 0 radical (unpaired) electrons. The molecule has 0 unspecified atom stereocenters. The van der Waals surface area contributed by atoms with Gasteiger partial charge in [0.15, 0.2) is 0 Å². The molecular formula is C18H28NO2+. The first kappa shape index (κ1) is 17.4. The lowest BCUT2D eigenvalue weighted by atomic mass is 10.1. The van der Waals surface area contributed by atoms with Crippen molar-refractivity contribution in [1.82, 2.24) is 0 Å². The molecule has 0 spiro atoms. The van der Waals surface area contributed by atoms with Gasteiger partial charge in [0.05, 0.1) is 13.1 Å². The fourth-order valence-electron chi connectivity index (χ4n) is 2.89. The van der Waals surface area contributed by atoms with Crippen LogP contribution < -0.4 is 0 Å². The number of esters is 1. The highest BCUT2D eigenvalue weighted by Gasteiger charge is 2.26. The number of nitrogens with zero attached hydrogens (tertiary/aromatic N) is 1. The Kier molecular flexibility index (Phi) is 7.76. The van der Waals surface area contributed by atoms with Crippen molar-refractivity contribution in [3.8, 4) is 0 Å². The zero-order chi connectivity index (χ0) is 15.6. The van der Waals surface area contributed by atoms with Crippen LogP contribution in [0, 0.1) is 0 Å². The minimum Gasteiger partial charge on any atom is -0.457 e. The van der Waals surface area contributed by atoms with Crippen molar-refractivity contribution in [2.45, 2.75) is 33.2 Å². The molecule has 0 amide bonds. The highest BCUT2D eigenvalue weighted by molar-refractivity contribution is 5.81. The summed E-state index contributed by atoms with van der Waals surface area (Å²) < 4.78 is 6.18. The molecule has 0 atom stereocenters. The molecule has 0 aliphatic carbocycles. The first-order valence-corrected chi connectivity index (χ1v) is 7.84. The third kappa shape index (κ3) is 6.13. The number of hydrogen-bond donors (Lipinski definition) is 0. The van der Waals surface area contributed by atoms with E-state index in [1.165, 1.54) is 11.6 Å². The fraction of sp³-hybridized carbons (Fsp3) is 0.500. The molecule has 0 saturated heterocycles. The molecule has 1 aromatic rings. The van der Waals surface area contributed by atoms with Gasteiger partial charge in [0.2, 0.25) is 0 Å². The van der Waals surface area contributed by atoms with Crippen molar-refractivity contribution in [1.29, 1.82) is 0 Å². The molecule has 1 aromatic carbocycles. The number of carbonyl (C=O) groups excluding carboxylic acids is 1. The Bertz CT molecular complexity index is 422. The Morgan fingerprint density at radius 3 is 2.29 bits per heavy atom. The van der Waals surface area contributed by atoms with E-state index >= 15 is 0 Å². The molecule has 3 heteroatoms. The number of benzene rings is 1. The van der Waals surface area contributed by atoms with E-state index in [9.17, 15) is 4.79 Å². The van der Waals surface area contributed by atoms with E-state index in [1.54, 1.807) is 0 Å². The van der Waals surface area contributed by atoms with Crippen LogP contribution in [0.15, 0.2) is 43.0 Å². The van der Waals surface area contributed by atoms with Gasteiger partial charge in [-0.05, 0) is 12.8 Å². The van der Waals surface area contributed by atoms with E-state index in [1.807, 2.05) is 6.07 Å². The summed E-state index contributed by atoms with van der Waals surface area (Å²) >= 11 is 0. The Labute approximate surface area is 128 Å². The summed E-state index contributed by atoms with van der Waals surface area (Å²) in [6.07, 6.45) is 3.48. The van der Waals surface area contributed by atoms with E-state index in [-0.39, 0.29) is 5.97 Å². The van der Waals surface area contributed by atoms with Crippen LogP contribution in [0.25, 0.3) is 0 Å². The van der Waals surface area contributed by atoms with Crippen LogP contribution in [-0.2, 0) is 16.1 Å². The van der Waals surface area contributed by atoms with E-state index in [2.05, 4.69) is 44.7 Å². The minimum absolute atomic E-state index is 0.333. The molecule has 0 aliphatic heterocycles. The number of hydrogen-bond acceptors (Lipinski definition) is 2. The summed E-state index contributed by atoms with van der Waals surface area (Å²) in [6, 6.07) is 10.6. The van der Waals surface area contributed by atoms with Crippen molar-refractivity contribution in [3.05, 3.63) is 48.6 Å². The fourth-order valence-corrected chi connectivity index (χ4v) is 2.89. The monoisotopic (exact) mass is 290 g/mol. The summed E-state index contributed by atoms with van der Waals surface area (Å²) in [5, 5.41) is 0. The van der Waals surface area contributed by atoms with Crippen molar-refractivity contribution in [2.24, 2.45) is 0 Å². The van der Waals surface area contributed by atoms with Crippen LogP contribution >= 0.6 is 0 Å². The maximum Gasteiger partial charge on any atom is 0.330 e. The van der Waals surface area contributed by atoms with Crippen LogP contribution in [0.5, 0.6) is 0 Å². The minimum atomic E-state index is -0.333. The van der Waals surface area contributed by atoms with Gasteiger partial charge >= 0.3 is 5.97 Å². The van der Waals surface area contributed by atoms with Crippen LogP contribution in [0.4, 0.5) is 0 Å². The normalized spacial score (nSPS) is 11.1. The summed E-state index contributed by atoms with van der Waals surface area (Å²) in [5.74, 6) is -0.333. The summed E-state index contributed by atoms with van der Waals surface area (Å²) in [7, 11) is 0. The van der Waals surface area contributed by atoms with Gasteiger partial charge < -0.3 is 9.22 Å². The standard InChI is InChI=1S/C18H28NO2/c1-4-12-19(13-5-2,14-15-21-18(20)6-3)16-17-10-8-7-9-11-17/h6-11H,3-5,12-16H2,1-2H3/q+1. The molecule has 0 heterocycles. The second kappa shape index (κ2) is 9.35. The number of carbonyl (C=O) groups is 1. The lowest BCUT2D eigenvalue weighted by Gasteiger charge is -2.38. The molecule has 0 aliphatic rings. The maximum atomic E-state index is 11.2. The van der Waals surface area contributed by atoms with Crippen LogP contribution in [0.2, 0.25) is 0 Å². The zero-order valence-electron chi connectivity index (χ0n) is 13.4. The number of ether oxygens (including phenoxy) is 1.